The molecule has 6 heteroatoms. The maximum Gasteiger partial charge on any atom is 0.225 e. The third kappa shape index (κ3) is 3.54. The van der Waals surface area contributed by atoms with Crippen LogP contribution in [0.2, 0.25) is 0 Å². The highest BCUT2D eigenvalue weighted by Crippen LogP contribution is 2.22. The first-order chi connectivity index (χ1) is 9.74. The van der Waals surface area contributed by atoms with Crippen LogP contribution in [0.15, 0.2) is 24.3 Å². The molecular weight excluding hydrogens is 290 g/mol. The minimum absolute atomic E-state index is 0. The molecule has 1 aromatic rings. The molecule has 3 N–H and O–H groups in total. The van der Waals surface area contributed by atoms with Crippen LogP contribution < -0.4 is 16.0 Å². The van der Waals surface area contributed by atoms with Gasteiger partial charge in [0.05, 0.1) is 5.92 Å². The van der Waals surface area contributed by atoms with Crippen LogP contribution in [0, 0.1) is 5.92 Å². The lowest BCUT2D eigenvalue weighted by Gasteiger charge is -2.27. The maximum atomic E-state index is 12.0. The lowest BCUT2D eigenvalue weighted by Crippen LogP contribution is -2.41. The van der Waals surface area contributed by atoms with E-state index in [1.807, 2.05) is 6.07 Å². The molecule has 2 aliphatic rings. The van der Waals surface area contributed by atoms with Gasteiger partial charge in [-0.3, -0.25) is 9.59 Å². The number of amides is 2. The topological polar surface area (TPSA) is 70.2 Å². The summed E-state index contributed by atoms with van der Waals surface area (Å²) in [4.78, 5) is 23.1. The normalized spacial score (nSPS) is 23.7. The molecule has 114 valence electrons. The maximum absolute atomic E-state index is 12.0. The van der Waals surface area contributed by atoms with E-state index in [9.17, 15) is 9.59 Å². The van der Waals surface area contributed by atoms with Crippen molar-refractivity contribution >= 4 is 24.2 Å². The number of carbonyl (C=O) groups excluding carboxylic acids is 2. The van der Waals surface area contributed by atoms with Crippen molar-refractivity contribution in [3.63, 3.8) is 0 Å². The first-order valence-corrected chi connectivity index (χ1v) is 7.09. The predicted molar refractivity (Wildman–Crippen MR) is 82.3 cm³/mol. The van der Waals surface area contributed by atoms with Crippen LogP contribution in [0.3, 0.4) is 0 Å². The van der Waals surface area contributed by atoms with Gasteiger partial charge < -0.3 is 16.0 Å². The molecule has 0 bridgehead atoms. The first-order valence-electron chi connectivity index (χ1n) is 7.09. The van der Waals surface area contributed by atoms with Crippen molar-refractivity contribution in [3.05, 3.63) is 35.4 Å². The van der Waals surface area contributed by atoms with Crippen molar-refractivity contribution < 1.29 is 9.59 Å². The van der Waals surface area contributed by atoms with Crippen molar-refractivity contribution in [3.8, 4) is 0 Å². The van der Waals surface area contributed by atoms with Gasteiger partial charge in [-0.25, -0.2) is 0 Å². The standard InChI is InChI=1S/C15H19N3O2.ClH/c19-14-7-11(8-17-14)15(20)18-9-13-12-4-2-1-3-10(12)5-6-16-13;/h1-4,11,13,16H,5-9H2,(H,17,19)(H,18,20);1H. The van der Waals surface area contributed by atoms with Gasteiger partial charge in [-0.2, -0.15) is 0 Å². The van der Waals surface area contributed by atoms with Crippen LogP contribution in [0.1, 0.15) is 23.6 Å². The average molecular weight is 310 g/mol. The second kappa shape index (κ2) is 6.91. The summed E-state index contributed by atoms with van der Waals surface area (Å²) in [5, 5.41) is 9.08. The van der Waals surface area contributed by atoms with Gasteiger partial charge in [0.15, 0.2) is 0 Å². The fourth-order valence-corrected chi connectivity index (χ4v) is 2.91. The number of hydrogen-bond acceptors (Lipinski definition) is 3. The Morgan fingerprint density at radius 3 is 2.90 bits per heavy atom. The molecule has 2 atom stereocenters. The van der Waals surface area contributed by atoms with Crippen LogP contribution >= 0.6 is 12.4 Å². The fraction of sp³-hybridized carbons (Fsp3) is 0.467. The number of halogens is 1. The van der Waals surface area contributed by atoms with E-state index >= 15 is 0 Å². The Bertz CT molecular complexity index is 535. The number of hydrogen-bond donors (Lipinski definition) is 3. The van der Waals surface area contributed by atoms with Crippen LogP contribution in [0.25, 0.3) is 0 Å². The summed E-state index contributed by atoms with van der Waals surface area (Å²) in [5.41, 5.74) is 2.61. The summed E-state index contributed by atoms with van der Waals surface area (Å²) in [6, 6.07) is 8.49. The van der Waals surface area contributed by atoms with Gasteiger partial charge in [0.2, 0.25) is 11.8 Å². The SMILES string of the molecule is Cl.O=C1CC(C(=O)NCC2NCCc3ccccc32)CN1. The molecule has 5 nitrogen and oxygen atoms in total. The minimum Gasteiger partial charge on any atom is -0.355 e. The van der Waals surface area contributed by atoms with E-state index in [-0.39, 0.29) is 36.2 Å². The molecule has 0 saturated carbocycles. The fourth-order valence-electron chi connectivity index (χ4n) is 2.91. The molecule has 0 radical (unpaired) electrons. The van der Waals surface area contributed by atoms with Crippen LogP contribution in [-0.4, -0.2) is 31.4 Å². The zero-order valence-corrected chi connectivity index (χ0v) is 12.5. The first kappa shape index (κ1) is 15.8. The van der Waals surface area contributed by atoms with Gasteiger partial charge in [0, 0.05) is 25.6 Å². The molecule has 2 amide bonds. The lowest BCUT2D eigenvalue weighted by molar-refractivity contribution is -0.126. The van der Waals surface area contributed by atoms with E-state index in [2.05, 4.69) is 34.1 Å². The molecule has 2 unspecified atom stereocenters. The second-order valence-electron chi connectivity index (χ2n) is 5.41. The summed E-state index contributed by atoms with van der Waals surface area (Å²) in [5.74, 6) is -0.291. The highest BCUT2D eigenvalue weighted by Gasteiger charge is 2.28. The summed E-state index contributed by atoms with van der Waals surface area (Å²) in [6.07, 6.45) is 1.34. The van der Waals surface area contributed by atoms with Gasteiger partial charge in [0.25, 0.3) is 0 Å². The van der Waals surface area contributed by atoms with Crippen LogP contribution in [-0.2, 0) is 16.0 Å². The Morgan fingerprint density at radius 2 is 2.14 bits per heavy atom. The van der Waals surface area contributed by atoms with E-state index < -0.39 is 0 Å². The number of carbonyl (C=O) groups is 2. The molecule has 0 aromatic heterocycles. The Balaban J connectivity index is 0.00000161. The zero-order valence-electron chi connectivity index (χ0n) is 11.7. The minimum atomic E-state index is -0.221. The highest BCUT2D eigenvalue weighted by atomic mass is 35.5. The van der Waals surface area contributed by atoms with Gasteiger partial charge >= 0.3 is 0 Å². The van der Waals surface area contributed by atoms with Gasteiger partial charge in [-0.15, -0.1) is 12.4 Å². The summed E-state index contributed by atoms with van der Waals surface area (Å²) < 4.78 is 0. The number of benzene rings is 1. The lowest BCUT2D eigenvalue weighted by atomic mass is 9.94. The summed E-state index contributed by atoms with van der Waals surface area (Å²) >= 11 is 0. The highest BCUT2D eigenvalue weighted by molar-refractivity contribution is 5.89. The smallest absolute Gasteiger partial charge is 0.225 e. The van der Waals surface area contributed by atoms with Crippen molar-refractivity contribution in [2.24, 2.45) is 5.92 Å². The van der Waals surface area contributed by atoms with Gasteiger partial charge in [-0.1, -0.05) is 24.3 Å². The molecular formula is C15H20ClN3O2. The molecule has 21 heavy (non-hydrogen) atoms. The Kier molecular flexibility index (Phi) is 5.20. The van der Waals surface area contributed by atoms with E-state index in [4.69, 9.17) is 0 Å². The van der Waals surface area contributed by atoms with E-state index in [0.717, 1.165) is 13.0 Å². The van der Waals surface area contributed by atoms with E-state index in [1.165, 1.54) is 11.1 Å². The van der Waals surface area contributed by atoms with E-state index in [1.54, 1.807) is 0 Å². The molecule has 1 fully saturated rings. The molecule has 2 aliphatic heterocycles. The number of nitrogens with one attached hydrogen (secondary N) is 3. The third-order valence-electron chi connectivity index (χ3n) is 4.04. The van der Waals surface area contributed by atoms with Crippen LogP contribution in [0.5, 0.6) is 0 Å². The Labute approximate surface area is 130 Å². The average Bonchev–Trinajstić information content (AvgIpc) is 2.91. The van der Waals surface area contributed by atoms with Crippen molar-refractivity contribution in [1.82, 2.24) is 16.0 Å². The van der Waals surface area contributed by atoms with Crippen molar-refractivity contribution in [2.75, 3.05) is 19.6 Å². The molecule has 0 spiro atoms. The third-order valence-corrected chi connectivity index (χ3v) is 4.04. The molecule has 1 aromatic carbocycles. The van der Waals surface area contributed by atoms with Gasteiger partial charge in [0.1, 0.15) is 0 Å². The van der Waals surface area contributed by atoms with Crippen molar-refractivity contribution in [2.45, 2.75) is 18.9 Å². The summed E-state index contributed by atoms with van der Waals surface area (Å²) in [7, 11) is 0. The largest absolute Gasteiger partial charge is 0.355 e. The van der Waals surface area contributed by atoms with Crippen LogP contribution in [0.4, 0.5) is 0 Å². The number of fused-ring (bicyclic) bond motifs is 1. The second-order valence-corrected chi connectivity index (χ2v) is 5.41. The molecule has 1 saturated heterocycles. The zero-order chi connectivity index (χ0) is 13.9. The number of rotatable bonds is 3. The van der Waals surface area contributed by atoms with Crippen molar-refractivity contribution in [1.29, 1.82) is 0 Å². The monoisotopic (exact) mass is 309 g/mol. The predicted octanol–water partition coefficient (Wildman–Crippen LogP) is 0.547. The molecule has 0 aliphatic carbocycles. The molecule has 2 heterocycles. The molecule has 3 rings (SSSR count). The Hall–Kier alpha value is -1.59. The summed E-state index contributed by atoms with van der Waals surface area (Å²) in [6.45, 7) is 1.96. The van der Waals surface area contributed by atoms with E-state index in [0.29, 0.717) is 19.5 Å². The Morgan fingerprint density at radius 1 is 1.33 bits per heavy atom. The quantitative estimate of drug-likeness (QED) is 0.763. The van der Waals surface area contributed by atoms with Gasteiger partial charge in [-0.05, 0) is 24.1 Å².